The molecule has 0 spiro atoms. The van der Waals surface area contributed by atoms with Crippen LogP contribution in [0, 0.1) is 11.8 Å². The van der Waals surface area contributed by atoms with Gasteiger partial charge in [-0.15, -0.1) is 0 Å². The predicted molar refractivity (Wildman–Crippen MR) is 102 cm³/mol. The first-order valence-corrected chi connectivity index (χ1v) is 9.03. The van der Waals surface area contributed by atoms with Crippen molar-refractivity contribution in [1.82, 2.24) is 0 Å². The molecule has 3 N–H and O–H groups in total. The number of phenols is 2. The lowest BCUT2D eigenvalue weighted by molar-refractivity contribution is 0.0242. The van der Waals surface area contributed by atoms with Gasteiger partial charge in [0, 0.05) is 25.6 Å². The molecule has 1 unspecified atom stereocenters. The van der Waals surface area contributed by atoms with Crippen LogP contribution in [0.3, 0.4) is 0 Å². The third-order valence-corrected chi connectivity index (χ3v) is 5.33. The number of phenolic OH excluding ortho intramolecular Hbond substituents is 2. The number of methoxy groups -OCH3 is 3. The minimum absolute atomic E-state index is 0.0484. The predicted octanol–water partition coefficient (Wildman–Crippen LogP) is 2.80. The van der Waals surface area contributed by atoms with Gasteiger partial charge in [0.25, 0.3) is 0 Å². The lowest BCUT2D eigenvalue weighted by Gasteiger charge is -2.28. The van der Waals surface area contributed by atoms with Gasteiger partial charge in [0.2, 0.25) is 0 Å². The Kier molecular flexibility index (Phi) is 6.28. The normalized spacial score (nSPS) is 22.8. The van der Waals surface area contributed by atoms with Crippen molar-refractivity contribution in [3.63, 3.8) is 0 Å². The Morgan fingerprint density at radius 3 is 2.25 bits per heavy atom. The fraction of sp³-hybridized carbons (Fsp3) is 0.429. The zero-order chi connectivity index (χ0) is 20.3. The van der Waals surface area contributed by atoms with Crippen molar-refractivity contribution in [2.75, 3.05) is 34.5 Å². The number of aliphatic hydroxyl groups excluding tert-OH is 1. The van der Waals surface area contributed by atoms with Crippen LogP contribution in [-0.4, -0.2) is 49.9 Å². The third-order valence-electron chi connectivity index (χ3n) is 5.33. The van der Waals surface area contributed by atoms with Crippen LogP contribution in [0.5, 0.6) is 23.0 Å². The summed E-state index contributed by atoms with van der Waals surface area (Å²) in [4.78, 5) is 0. The van der Waals surface area contributed by atoms with Gasteiger partial charge in [0.05, 0.1) is 33.0 Å². The van der Waals surface area contributed by atoms with Crippen LogP contribution >= 0.6 is 0 Å². The van der Waals surface area contributed by atoms with Crippen molar-refractivity contribution in [1.29, 1.82) is 0 Å². The molecule has 0 radical (unpaired) electrons. The lowest BCUT2D eigenvalue weighted by Crippen LogP contribution is -2.26. The molecule has 7 nitrogen and oxygen atoms in total. The van der Waals surface area contributed by atoms with Crippen molar-refractivity contribution in [2.45, 2.75) is 12.2 Å². The second kappa shape index (κ2) is 8.68. The van der Waals surface area contributed by atoms with Gasteiger partial charge in [-0.1, -0.05) is 12.1 Å². The van der Waals surface area contributed by atoms with Gasteiger partial charge in [0.15, 0.2) is 23.0 Å². The Bertz CT molecular complexity index is 807. The highest BCUT2D eigenvalue weighted by molar-refractivity contribution is 5.44. The summed E-state index contributed by atoms with van der Waals surface area (Å²) >= 11 is 0. The molecule has 1 saturated heterocycles. The molecular formula is C21H26O7. The van der Waals surface area contributed by atoms with Crippen molar-refractivity contribution in [3.05, 3.63) is 47.5 Å². The minimum atomic E-state index is -0.360. The standard InChI is InChI=1S/C21H26O7/c1-25-18-8-12(4-6-16(18)23)20(27-3)15-11-28-21(14(15)10-22)13-5-7-17(24)19(9-13)26-2/h4-9,14-15,20-24H,10-11H2,1-3H3/t14-,15-,20?,21+/m0/s1. The van der Waals surface area contributed by atoms with Crippen LogP contribution in [0.2, 0.25) is 0 Å². The van der Waals surface area contributed by atoms with E-state index in [0.717, 1.165) is 11.1 Å². The molecule has 1 fully saturated rings. The average molecular weight is 390 g/mol. The second-order valence-electron chi connectivity index (χ2n) is 6.78. The first kappa shape index (κ1) is 20.3. The van der Waals surface area contributed by atoms with Crippen LogP contribution in [0.4, 0.5) is 0 Å². The first-order valence-electron chi connectivity index (χ1n) is 9.03. The molecule has 0 aliphatic carbocycles. The molecule has 1 heterocycles. The van der Waals surface area contributed by atoms with E-state index in [0.29, 0.717) is 18.1 Å². The largest absolute Gasteiger partial charge is 0.504 e. The van der Waals surface area contributed by atoms with Gasteiger partial charge in [-0.25, -0.2) is 0 Å². The van der Waals surface area contributed by atoms with Crippen LogP contribution in [0.25, 0.3) is 0 Å². The Hall–Kier alpha value is -2.48. The van der Waals surface area contributed by atoms with Gasteiger partial charge >= 0.3 is 0 Å². The van der Waals surface area contributed by atoms with Crippen LogP contribution in [0.15, 0.2) is 36.4 Å². The SMILES string of the molecule is COc1cc(C(OC)[C@H]2CO[C@H](c3ccc(O)c(OC)c3)[C@H]2CO)ccc1O. The number of rotatable bonds is 7. The molecule has 3 rings (SSSR count). The molecule has 0 bridgehead atoms. The van der Waals surface area contributed by atoms with Crippen LogP contribution < -0.4 is 9.47 Å². The molecular weight excluding hydrogens is 364 g/mol. The lowest BCUT2D eigenvalue weighted by atomic mass is 9.82. The summed E-state index contributed by atoms with van der Waals surface area (Å²) in [5.74, 6) is 0.475. The molecule has 1 aliphatic rings. The summed E-state index contributed by atoms with van der Waals surface area (Å²) < 4.78 is 22.2. The highest BCUT2D eigenvalue weighted by atomic mass is 16.5. The fourth-order valence-electron chi connectivity index (χ4n) is 3.87. The number of ether oxygens (including phenoxy) is 4. The summed E-state index contributed by atoms with van der Waals surface area (Å²) in [6.45, 7) is 0.300. The van der Waals surface area contributed by atoms with Gasteiger partial charge < -0.3 is 34.3 Å². The van der Waals surface area contributed by atoms with E-state index in [1.807, 2.05) is 0 Å². The highest BCUT2D eigenvalue weighted by Gasteiger charge is 2.43. The van der Waals surface area contributed by atoms with Gasteiger partial charge in [-0.3, -0.25) is 0 Å². The number of aliphatic hydroxyl groups is 1. The molecule has 28 heavy (non-hydrogen) atoms. The molecule has 152 valence electrons. The summed E-state index contributed by atoms with van der Waals surface area (Å²) in [6, 6.07) is 10.1. The van der Waals surface area contributed by atoms with E-state index in [1.165, 1.54) is 14.2 Å². The molecule has 4 atom stereocenters. The summed E-state index contributed by atoms with van der Waals surface area (Å²) in [5.41, 5.74) is 1.64. The molecule has 0 saturated carbocycles. The van der Waals surface area contributed by atoms with E-state index in [4.69, 9.17) is 18.9 Å². The summed E-state index contributed by atoms with van der Waals surface area (Å²) in [5, 5.41) is 29.8. The minimum Gasteiger partial charge on any atom is -0.504 e. The van der Waals surface area contributed by atoms with Crippen molar-refractivity contribution in [2.24, 2.45) is 11.8 Å². The summed E-state index contributed by atoms with van der Waals surface area (Å²) in [6.07, 6.45) is -0.711. The number of hydrogen-bond acceptors (Lipinski definition) is 7. The fourth-order valence-corrected chi connectivity index (χ4v) is 3.87. The topological polar surface area (TPSA) is 97.6 Å². The maximum atomic E-state index is 10.1. The zero-order valence-electron chi connectivity index (χ0n) is 16.2. The zero-order valence-corrected chi connectivity index (χ0v) is 16.2. The maximum absolute atomic E-state index is 10.1. The Balaban J connectivity index is 1.90. The summed E-state index contributed by atoms with van der Waals surface area (Å²) in [7, 11) is 4.58. The van der Waals surface area contributed by atoms with Gasteiger partial charge in [0.1, 0.15) is 0 Å². The maximum Gasteiger partial charge on any atom is 0.160 e. The Morgan fingerprint density at radius 1 is 1.00 bits per heavy atom. The highest BCUT2D eigenvalue weighted by Crippen LogP contribution is 2.46. The van der Waals surface area contributed by atoms with Crippen molar-refractivity contribution in [3.8, 4) is 23.0 Å². The molecule has 1 aliphatic heterocycles. The van der Waals surface area contributed by atoms with Gasteiger partial charge in [-0.05, 0) is 35.4 Å². The monoisotopic (exact) mass is 390 g/mol. The quantitative estimate of drug-likeness (QED) is 0.669. The molecule has 0 aromatic heterocycles. The van der Waals surface area contributed by atoms with Crippen LogP contribution in [0.1, 0.15) is 23.3 Å². The third kappa shape index (κ3) is 3.73. The molecule has 0 amide bonds. The van der Waals surface area contributed by atoms with Crippen LogP contribution in [-0.2, 0) is 9.47 Å². The molecule has 2 aromatic rings. The van der Waals surface area contributed by atoms with Gasteiger partial charge in [-0.2, -0.15) is 0 Å². The Morgan fingerprint density at radius 2 is 1.64 bits per heavy atom. The smallest absolute Gasteiger partial charge is 0.160 e. The van der Waals surface area contributed by atoms with E-state index in [-0.39, 0.29) is 42.1 Å². The second-order valence-corrected chi connectivity index (χ2v) is 6.78. The van der Waals surface area contributed by atoms with Crippen molar-refractivity contribution >= 4 is 0 Å². The number of hydrogen-bond donors (Lipinski definition) is 3. The Labute approximate surface area is 164 Å². The van der Waals surface area contributed by atoms with E-state index in [9.17, 15) is 15.3 Å². The first-order chi connectivity index (χ1) is 13.5. The number of aromatic hydroxyl groups is 2. The van der Waals surface area contributed by atoms with E-state index < -0.39 is 0 Å². The molecule has 7 heteroatoms. The molecule has 2 aromatic carbocycles. The van der Waals surface area contributed by atoms with E-state index in [1.54, 1.807) is 43.5 Å². The van der Waals surface area contributed by atoms with E-state index in [2.05, 4.69) is 0 Å². The van der Waals surface area contributed by atoms with E-state index >= 15 is 0 Å². The number of benzene rings is 2. The average Bonchev–Trinajstić information content (AvgIpc) is 3.13. The van der Waals surface area contributed by atoms with Crippen molar-refractivity contribution < 1.29 is 34.3 Å².